The van der Waals surface area contributed by atoms with E-state index in [1.54, 1.807) is 0 Å². The first-order valence-electron chi connectivity index (χ1n) is 8.54. The molecule has 0 radical (unpaired) electrons. The average Bonchev–Trinajstić information content (AvgIpc) is 3.09. The van der Waals surface area contributed by atoms with Crippen LogP contribution < -0.4 is 4.90 Å². The van der Waals surface area contributed by atoms with Gasteiger partial charge in [0.05, 0.1) is 11.6 Å². The van der Waals surface area contributed by atoms with Crippen molar-refractivity contribution in [2.75, 3.05) is 24.6 Å². The third kappa shape index (κ3) is 2.58. The molecule has 1 aromatic carbocycles. The minimum Gasteiger partial charge on any atom is -0.378 e. The Balaban J connectivity index is 1.52. The van der Waals surface area contributed by atoms with Crippen LogP contribution in [0.5, 0.6) is 0 Å². The third-order valence-electron chi connectivity index (χ3n) is 5.22. The summed E-state index contributed by atoms with van der Waals surface area (Å²) >= 11 is 0. The molecule has 2 saturated heterocycles. The number of pyridine rings is 1. The molecule has 0 N–H and O–H groups in total. The molecule has 2 aromatic rings. The Morgan fingerprint density at radius 2 is 1.95 bits per heavy atom. The van der Waals surface area contributed by atoms with E-state index in [0.717, 1.165) is 31.1 Å². The normalized spacial score (nSPS) is 23.3. The van der Waals surface area contributed by atoms with Crippen molar-refractivity contribution in [3.8, 4) is 0 Å². The molecule has 116 valence electrons. The summed E-state index contributed by atoms with van der Waals surface area (Å²) in [6.45, 7) is 5.37. The number of hydrogen-bond donors (Lipinski definition) is 0. The summed E-state index contributed by atoms with van der Waals surface area (Å²) in [6, 6.07) is 10.7. The van der Waals surface area contributed by atoms with E-state index in [0.29, 0.717) is 6.10 Å². The number of aryl methyl sites for hydroxylation is 1. The second-order valence-corrected chi connectivity index (χ2v) is 6.70. The lowest BCUT2D eigenvalue weighted by molar-refractivity contribution is 0.0531. The maximum atomic E-state index is 5.88. The molecule has 3 nitrogen and oxygen atoms in total. The van der Waals surface area contributed by atoms with Gasteiger partial charge in [0.15, 0.2) is 0 Å². The zero-order chi connectivity index (χ0) is 14.9. The molecule has 1 aromatic heterocycles. The highest BCUT2D eigenvalue weighted by Crippen LogP contribution is 2.32. The number of anilines is 1. The van der Waals surface area contributed by atoms with Crippen LogP contribution in [0.25, 0.3) is 10.9 Å². The zero-order valence-corrected chi connectivity index (χ0v) is 13.3. The number of piperidine rings is 1. The summed E-state index contributed by atoms with van der Waals surface area (Å²) in [5.41, 5.74) is 2.39. The SMILES string of the molecule is Cc1cc2ccccc2nc1N1CCC(C2CCCO2)CC1. The number of benzene rings is 1. The summed E-state index contributed by atoms with van der Waals surface area (Å²) in [4.78, 5) is 7.38. The van der Waals surface area contributed by atoms with Crippen LogP contribution in [0.3, 0.4) is 0 Å². The highest BCUT2D eigenvalue weighted by molar-refractivity contribution is 5.81. The van der Waals surface area contributed by atoms with Crippen LogP contribution in [0.1, 0.15) is 31.2 Å². The zero-order valence-electron chi connectivity index (χ0n) is 13.3. The van der Waals surface area contributed by atoms with E-state index in [1.165, 1.54) is 42.5 Å². The van der Waals surface area contributed by atoms with Gasteiger partial charge in [0, 0.05) is 25.1 Å². The molecule has 3 heteroatoms. The van der Waals surface area contributed by atoms with Gasteiger partial charge in [-0.1, -0.05) is 18.2 Å². The van der Waals surface area contributed by atoms with Crippen LogP contribution in [-0.2, 0) is 4.74 Å². The van der Waals surface area contributed by atoms with E-state index in [4.69, 9.17) is 9.72 Å². The molecule has 1 unspecified atom stereocenters. The first-order valence-corrected chi connectivity index (χ1v) is 8.54. The number of hydrogen-bond acceptors (Lipinski definition) is 3. The van der Waals surface area contributed by atoms with Gasteiger partial charge in [-0.2, -0.15) is 0 Å². The molecule has 3 heterocycles. The van der Waals surface area contributed by atoms with Crippen molar-refractivity contribution in [2.45, 2.75) is 38.7 Å². The molecule has 4 rings (SSSR count). The Morgan fingerprint density at radius 3 is 2.73 bits per heavy atom. The largest absolute Gasteiger partial charge is 0.378 e. The van der Waals surface area contributed by atoms with E-state index in [1.807, 2.05) is 0 Å². The standard InChI is InChI=1S/C19H24N2O/c1-14-13-16-5-2-3-6-17(16)20-19(14)21-10-8-15(9-11-21)18-7-4-12-22-18/h2-3,5-6,13,15,18H,4,7-12H2,1H3. The fourth-order valence-electron chi connectivity index (χ4n) is 3.99. The van der Waals surface area contributed by atoms with Crippen LogP contribution in [0.4, 0.5) is 5.82 Å². The lowest BCUT2D eigenvalue weighted by Gasteiger charge is -2.35. The molecule has 1 atom stereocenters. The first kappa shape index (κ1) is 14.0. The molecule has 2 fully saturated rings. The predicted octanol–water partition coefficient (Wildman–Crippen LogP) is 3.94. The molecule has 2 aliphatic rings. The van der Waals surface area contributed by atoms with Crippen molar-refractivity contribution >= 4 is 16.7 Å². The Kier molecular flexibility index (Phi) is 3.75. The third-order valence-corrected chi connectivity index (χ3v) is 5.22. The lowest BCUT2D eigenvalue weighted by atomic mass is 9.89. The second kappa shape index (κ2) is 5.88. The maximum Gasteiger partial charge on any atom is 0.132 e. The van der Waals surface area contributed by atoms with Gasteiger partial charge in [0.1, 0.15) is 5.82 Å². The minimum atomic E-state index is 0.521. The highest BCUT2D eigenvalue weighted by atomic mass is 16.5. The van der Waals surface area contributed by atoms with E-state index in [9.17, 15) is 0 Å². The molecular formula is C19H24N2O. The molecule has 0 bridgehead atoms. The van der Waals surface area contributed by atoms with Gasteiger partial charge in [0.25, 0.3) is 0 Å². The first-order chi connectivity index (χ1) is 10.8. The van der Waals surface area contributed by atoms with Crippen LogP contribution >= 0.6 is 0 Å². The molecule has 0 saturated carbocycles. The molecule has 2 aliphatic heterocycles. The maximum absolute atomic E-state index is 5.88. The summed E-state index contributed by atoms with van der Waals surface area (Å²) in [7, 11) is 0. The number of aromatic nitrogens is 1. The van der Waals surface area contributed by atoms with Crippen molar-refractivity contribution in [3.05, 3.63) is 35.9 Å². The van der Waals surface area contributed by atoms with E-state index >= 15 is 0 Å². The Labute approximate surface area is 132 Å². The number of fused-ring (bicyclic) bond motifs is 1. The van der Waals surface area contributed by atoms with Crippen LogP contribution in [0.2, 0.25) is 0 Å². The van der Waals surface area contributed by atoms with Gasteiger partial charge in [0.2, 0.25) is 0 Å². The predicted molar refractivity (Wildman–Crippen MR) is 90.4 cm³/mol. The summed E-state index contributed by atoms with van der Waals surface area (Å²) in [5, 5.41) is 1.23. The monoisotopic (exact) mass is 296 g/mol. The van der Waals surface area contributed by atoms with Gasteiger partial charge >= 0.3 is 0 Å². The van der Waals surface area contributed by atoms with Gasteiger partial charge in [-0.05, 0) is 56.2 Å². The summed E-state index contributed by atoms with van der Waals surface area (Å²) < 4.78 is 5.88. The van der Waals surface area contributed by atoms with Crippen LogP contribution in [0, 0.1) is 12.8 Å². The number of rotatable bonds is 2. The second-order valence-electron chi connectivity index (χ2n) is 6.70. The number of ether oxygens (including phenoxy) is 1. The smallest absolute Gasteiger partial charge is 0.132 e. The fourth-order valence-corrected chi connectivity index (χ4v) is 3.99. The van der Waals surface area contributed by atoms with Crippen LogP contribution in [0.15, 0.2) is 30.3 Å². The van der Waals surface area contributed by atoms with Gasteiger partial charge in [-0.25, -0.2) is 4.98 Å². The van der Waals surface area contributed by atoms with Crippen molar-refractivity contribution in [3.63, 3.8) is 0 Å². The number of nitrogens with zero attached hydrogens (tertiary/aromatic N) is 2. The average molecular weight is 296 g/mol. The molecule has 22 heavy (non-hydrogen) atoms. The van der Waals surface area contributed by atoms with Gasteiger partial charge in [-0.15, -0.1) is 0 Å². The van der Waals surface area contributed by atoms with Crippen LogP contribution in [-0.4, -0.2) is 30.8 Å². The molecule has 0 aliphatic carbocycles. The Morgan fingerprint density at radius 1 is 1.14 bits per heavy atom. The molecule has 0 amide bonds. The Bertz CT molecular complexity index is 656. The highest BCUT2D eigenvalue weighted by Gasteiger charge is 2.30. The number of para-hydroxylation sites is 1. The summed E-state index contributed by atoms with van der Waals surface area (Å²) in [5.74, 6) is 1.92. The Hall–Kier alpha value is -1.61. The van der Waals surface area contributed by atoms with E-state index < -0.39 is 0 Å². The van der Waals surface area contributed by atoms with Crippen molar-refractivity contribution in [1.82, 2.24) is 4.98 Å². The van der Waals surface area contributed by atoms with Crippen molar-refractivity contribution in [1.29, 1.82) is 0 Å². The van der Waals surface area contributed by atoms with Crippen molar-refractivity contribution in [2.24, 2.45) is 5.92 Å². The topological polar surface area (TPSA) is 25.4 Å². The van der Waals surface area contributed by atoms with Gasteiger partial charge < -0.3 is 9.64 Å². The minimum absolute atomic E-state index is 0.521. The van der Waals surface area contributed by atoms with Gasteiger partial charge in [-0.3, -0.25) is 0 Å². The van der Waals surface area contributed by atoms with E-state index in [2.05, 4.69) is 42.2 Å². The van der Waals surface area contributed by atoms with Crippen molar-refractivity contribution < 1.29 is 4.74 Å². The molecule has 0 spiro atoms. The quantitative estimate of drug-likeness (QED) is 0.839. The summed E-state index contributed by atoms with van der Waals surface area (Å²) in [6.07, 6.45) is 5.50. The lowest BCUT2D eigenvalue weighted by Crippen LogP contribution is -2.38. The molecular weight excluding hydrogens is 272 g/mol. The van der Waals surface area contributed by atoms with E-state index in [-0.39, 0.29) is 0 Å². The fraction of sp³-hybridized carbons (Fsp3) is 0.526.